The van der Waals surface area contributed by atoms with Crippen LogP contribution in [0.3, 0.4) is 0 Å². The molecule has 1 aromatic heterocycles. The molecule has 0 saturated heterocycles. The van der Waals surface area contributed by atoms with E-state index in [0.29, 0.717) is 17.1 Å². The second kappa shape index (κ2) is 6.85. The van der Waals surface area contributed by atoms with Gasteiger partial charge in [0, 0.05) is 11.4 Å². The smallest absolute Gasteiger partial charge is 0.261 e. The molecular weight excluding hydrogens is 358 g/mol. The molecule has 0 atom stereocenters. The van der Waals surface area contributed by atoms with Gasteiger partial charge in [0.05, 0.1) is 17.1 Å². The predicted octanol–water partition coefficient (Wildman–Crippen LogP) is 3.84. The first kappa shape index (κ1) is 17.8. The Morgan fingerprint density at radius 1 is 1.04 bits per heavy atom. The molecule has 1 N–H and O–H groups in total. The number of hydrogen-bond acceptors (Lipinski definition) is 3. The molecule has 0 fully saturated rings. The van der Waals surface area contributed by atoms with Gasteiger partial charge in [-0.3, -0.25) is 9.40 Å². The first-order valence-electron chi connectivity index (χ1n) is 9.15. The number of aromatic nitrogens is 2. The first-order valence-corrected chi connectivity index (χ1v) is 10.6. The Bertz CT molecular complexity index is 1100. The highest BCUT2D eigenvalue weighted by molar-refractivity contribution is 7.92. The molecule has 4 rings (SSSR count). The molecule has 27 heavy (non-hydrogen) atoms. The first-order chi connectivity index (χ1) is 12.9. The molecule has 0 bridgehead atoms. The minimum absolute atomic E-state index is 0.326. The summed E-state index contributed by atoms with van der Waals surface area (Å²) < 4.78 is 30.2. The van der Waals surface area contributed by atoms with E-state index in [1.54, 1.807) is 12.1 Å². The summed E-state index contributed by atoms with van der Waals surface area (Å²) in [6.07, 6.45) is 3.09. The van der Waals surface area contributed by atoms with Crippen molar-refractivity contribution in [1.29, 1.82) is 0 Å². The van der Waals surface area contributed by atoms with Gasteiger partial charge < -0.3 is 0 Å². The van der Waals surface area contributed by atoms with Crippen LogP contribution in [0.4, 0.5) is 5.69 Å². The Labute approximate surface area is 160 Å². The van der Waals surface area contributed by atoms with Crippen molar-refractivity contribution in [2.45, 2.75) is 44.6 Å². The van der Waals surface area contributed by atoms with Gasteiger partial charge in [-0.1, -0.05) is 18.2 Å². The molecule has 0 saturated carbocycles. The summed E-state index contributed by atoms with van der Waals surface area (Å²) in [6.45, 7) is 4.58. The van der Waals surface area contributed by atoms with Crippen LogP contribution in [0.15, 0.2) is 53.4 Å². The second-order valence-corrected chi connectivity index (χ2v) is 8.86. The van der Waals surface area contributed by atoms with Crippen LogP contribution in [0.25, 0.3) is 0 Å². The fourth-order valence-corrected chi connectivity index (χ4v) is 4.77. The van der Waals surface area contributed by atoms with Crippen molar-refractivity contribution < 1.29 is 8.42 Å². The van der Waals surface area contributed by atoms with Crippen LogP contribution in [-0.2, 0) is 29.4 Å². The minimum atomic E-state index is -3.60. The lowest BCUT2D eigenvalue weighted by Gasteiger charge is -2.11. The molecule has 0 radical (unpaired) electrons. The van der Waals surface area contributed by atoms with Crippen molar-refractivity contribution in [3.05, 3.63) is 76.6 Å². The third kappa shape index (κ3) is 3.76. The molecule has 2 aromatic carbocycles. The van der Waals surface area contributed by atoms with Crippen molar-refractivity contribution in [3.8, 4) is 0 Å². The molecule has 3 aromatic rings. The van der Waals surface area contributed by atoms with Crippen LogP contribution in [0.1, 0.15) is 34.5 Å². The van der Waals surface area contributed by atoms with E-state index >= 15 is 0 Å². The van der Waals surface area contributed by atoms with Gasteiger partial charge in [0.1, 0.15) is 0 Å². The highest BCUT2D eigenvalue weighted by atomic mass is 32.2. The molecule has 0 amide bonds. The van der Waals surface area contributed by atoms with Crippen molar-refractivity contribution in [2.75, 3.05) is 4.72 Å². The molecule has 5 nitrogen and oxygen atoms in total. The van der Waals surface area contributed by atoms with E-state index < -0.39 is 10.0 Å². The van der Waals surface area contributed by atoms with Crippen molar-refractivity contribution >= 4 is 15.7 Å². The van der Waals surface area contributed by atoms with Crippen LogP contribution < -0.4 is 4.72 Å². The van der Waals surface area contributed by atoms with Crippen LogP contribution in [-0.4, -0.2) is 18.2 Å². The van der Waals surface area contributed by atoms with E-state index in [1.807, 2.05) is 54.9 Å². The highest BCUT2D eigenvalue weighted by Crippen LogP contribution is 2.26. The molecule has 0 spiro atoms. The van der Waals surface area contributed by atoms with Gasteiger partial charge in [-0.25, -0.2) is 8.42 Å². The Kier molecular flexibility index (Phi) is 4.52. The number of sulfonamides is 1. The summed E-state index contributed by atoms with van der Waals surface area (Å²) in [7, 11) is -3.60. The minimum Gasteiger partial charge on any atom is -0.280 e. The SMILES string of the molecule is Cc1cc(C)n(Cc2cccc(NS(=O)(=O)c3ccc4c(c3)CCC4)c2)n1. The number of rotatable bonds is 5. The van der Waals surface area contributed by atoms with Crippen molar-refractivity contribution in [1.82, 2.24) is 9.78 Å². The van der Waals surface area contributed by atoms with E-state index in [4.69, 9.17) is 0 Å². The zero-order chi connectivity index (χ0) is 19.0. The summed E-state index contributed by atoms with van der Waals surface area (Å²) in [5, 5.41) is 4.47. The van der Waals surface area contributed by atoms with Gasteiger partial charge in [-0.05, 0) is 80.1 Å². The summed E-state index contributed by atoms with van der Waals surface area (Å²) in [5.74, 6) is 0. The lowest BCUT2D eigenvalue weighted by atomic mass is 10.1. The Morgan fingerprint density at radius 3 is 2.63 bits per heavy atom. The molecule has 6 heteroatoms. The monoisotopic (exact) mass is 381 g/mol. The average molecular weight is 382 g/mol. The number of hydrogen-bond donors (Lipinski definition) is 1. The molecule has 0 aliphatic heterocycles. The zero-order valence-corrected chi connectivity index (χ0v) is 16.4. The fourth-order valence-electron chi connectivity index (χ4n) is 3.67. The van der Waals surface area contributed by atoms with E-state index in [2.05, 4.69) is 9.82 Å². The van der Waals surface area contributed by atoms with Gasteiger partial charge in [0.2, 0.25) is 0 Å². The maximum absolute atomic E-state index is 12.8. The zero-order valence-electron chi connectivity index (χ0n) is 15.6. The Balaban J connectivity index is 1.56. The quantitative estimate of drug-likeness (QED) is 0.730. The molecule has 140 valence electrons. The Morgan fingerprint density at radius 2 is 1.85 bits per heavy atom. The largest absolute Gasteiger partial charge is 0.280 e. The van der Waals surface area contributed by atoms with E-state index in [1.165, 1.54) is 5.56 Å². The number of aryl methyl sites for hydroxylation is 4. The highest BCUT2D eigenvalue weighted by Gasteiger charge is 2.18. The summed E-state index contributed by atoms with van der Waals surface area (Å²) in [5.41, 5.74) is 6.03. The summed E-state index contributed by atoms with van der Waals surface area (Å²) >= 11 is 0. The van der Waals surface area contributed by atoms with Crippen LogP contribution in [0, 0.1) is 13.8 Å². The van der Waals surface area contributed by atoms with Crippen LogP contribution in [0.2, 0.25) is 0 Å². The van der Waals surface area contributed by atoms with Gasteiger partial charge in [-0.15, -0.1) is 0 Å². The predicted molar refractivity (Wildman–Crippen MR) is 107 cm³/mol. The van der Waals surface area contributed by atoms with Gasteiger partial charge in [0.15, 0.2) is 0 Å². The maximum atomic E-state index is 12.8. The van der Waals surface area contributed by atoms with E-state index in [-0.39, 0.29) is 0 Å². The van der Waals surface area contributed by atoms with Crippen LogP contribution in [0.5, 0.6) is 0 Å². The number of nitrogens with one attached hydrogen (secondary N) is 1. The van der Waals surface area contributed by atoms with Gasteiger partial charge >= 0.3 is 0 Å². The molecule has 1 heterocycles. The van der Waals surface area contributed by atoms with Gasteiger partial charge in [0.25, 0.3) is 10.0 Å². The topological polar surface area (TPSA) is 64.0 Å². The average Bonchev–Trinajstić information content (AvgIpc) is 3.20. The maximum Gasteiger partial charge on any atom is 0.261 e. The lowest BCUT2D eigenvalue weighted by molar-refractivity contribution is 0.601. The normalized spacial score (nSPS) is 13.6. The molecule has 1 aliphatic rings. The number of fused-ring (bicyclic) bond motifs is 1. The lowest BCUT2D eigenvalue weighted by Crippen LogP contribution is -2.13. The molecule has 1 aliphatic carbocycles. The van der Waals surface area contributed by atoms with E-state index in [0.717, 1.165) is 41.8 Å². The summed E-state index contributed by atoms with van der Waals surface area (Å²) in [6, 6.07) is 15.0. The third-order valence-electron chi connectivity index (χ3n) is 5.00. The number of nitrogens with zero attached hydrogens (tertiary/aromatic N) is 2. The second-order valence-electron chi connectivity index (χ2n) is 7.17. The standard InChI is InChI=1S/C21H23N3O2S/c1-15-11-16(2)24(22-15)14-17-5-3-8-20(12-17)23-27(25,26)21-10-9-18-6-4-7-19(18)13-21/h3,5,8-13,23H,4,6-7,14H2,1-2H3. The molecular formula is C21H23N3O2S. The van der Waals surface area contributed by atoms with Crippen LogP contribution >= 0.6 is 0 Å². The fraction of sp³-hybridized carbons (Fsp3) is 0.286. The number of benzene rings is 2. The summed E-state index contributed by atoms with van der Waals surface area (Å²) in [4.78, 5) is 0.326. The third-order valence-corrected chi connectivity index (χ3v) is 6.37. The van der Waals surface area contributed by atoms with Crippen molar-refractivity contribution in [2.24, 2.45) is 0 Å². The number of anilines is 1. The van der Waals surface area contributed by atoms with E-state index in [9.17, 15) is 8.42 Å². The van der Waals surface area contributed by atoms with Crippen molar-refractivity contribution in [3.63, 3.8) is 0 Å². The Hall–Kier alpha value is -2.60. The molecule has 0 unspecified atom stereocenters. The van der Waals surface area contributed by atoms with Gasteiger partial charge in [-0.2, -0.15) is 5.10 Å².